The van der Waals surface area contributed by atoms with Crippen LogP contribution in [0.3, 0.4) is 0 Å². The lowest BCUT2D eigenvalue weighted by molar-refractivity contribution is -0.122. The Morgan fingerprint density at radius 3 is 2.38 bits per heavy atom. The number of amides is 4. The molecule has 4 amide bonds. The molecule has 0 spiro atoms. The summed E-state index contributed by atoms with van der Waals surface area (Å²) < 4.78 is 5.03. The van der Waals surface area contributed by atoms with Gasteiger partial charge in [0.15, 0.2) is 11.5 Å². The molecule has 1 aliphatic rings. The van der Waals surface area contributed by atoms with Crippen LogP contribution in [0.1, 0.15) is 30.9 Å². The van der Waals surface area contributed by atoms with Gasteiger partial charge in [-0.05, 0) is 47.4 Å². The smallest absolute Gasteiger partial charge is 0.335 e. The first-order valence-corrected chi connectivity index (χ1v) is 9.18. The van der Waals surface area contributed by atoms with E-state index in [-0.39, 0.29) is 22.1 Å². The zero-order chi connectivity index (χ0) is 21.3. The summed E-state index contributed by atoms with van der Waals surface area (Å²) in [5.74, 6) is -1.46. The Morgan fingerprint density at radius 1 is 1.14 bits per heavy atom. The Morgan fingerprint density at radius 2 is 1.79 bits per heavy atom. The van der Waals surface area contributed by atoms with Crippen molar-refractivity contribution in [3.8, 4) is 11.5 Å². The largest absolute Gasteiger partial charge is 0.503 e. The lowest BCUT2D eigenvalue weighted by Crippen LogP contribution is -2.54. The van der Waals surface area contributed by atoms with E-state index in [0.29, 0.717) is 17.2 Å². The number of ether oxygens (including phenoxy) is 1. The van der Waals surface area contributed by atoms with Crippen molar-refractivity contribution in [1.82, 2.24) is 5.32 Å². The highest BCUT2D eigenvalue weighted by molar-refractivity contribution is 6.39. The molecule has 0 aromatic heterocycles. The molecule has 2 aromatic carbocycles. The van der Waals surface area contributed by atoms with Crippen molar-refractivity contribution < 1.29 is 24.2 Å². The van der Waals surface area contributed by atoms with Crippen LogP contribution in [-0.2, 0) is 9.59 Å². The summed E-state index contributed by atoms with van der Waals surface area (Å²) in [6.07, 6.45) is 1.29. The molecular weight excluding hydrogens is 396 g/mol. The molecule has 0 atom stereocenters. The zero-order valence-electron chi connectivity index (χ0n) is 16.0. The van der Waals surface area contributed by atoms with E-state index in [2.05, 4.69) is 5.32 Å². The SMILES string of the molecule is COc1cc(C=C2C(=O)NC(=O)N(c3ccc(C(C)C)cc3)C2=O)cc(Cl)c1O. The predicted octanol–water partition coefficient (Wildman–Crippen LogP) is 3.84. The van der Waals surface area contributed by atoms with Crippen molar-refractivity contribution in [3.63, 3.8) is 0 Å². The summed E-state index contributed by atoms with van der Waals surface area (Å²) in [6, 6.07) is 8.94. The molecular formula is C21H19ClN2O5. The molecule has 1 heterocycles. The summed E-state index contributed by atoms with van der Waals surface area (Å²) in [7, 11) is 1.35. The third kappa shape index (κ3) is 3.95. The van der Waals surface area contributed by atoms with E-state index >= 15 is 0 Å². The maximum absolute atomic E-state index is 12.9. The Hall–Kier alpha value is -3.32. The molecule has 29 heavy (non-hydrogen) atoms. The van der Waals surface area contributed by atoms with Crippen LogP contribution in [0.25, 0.3) is 6.08 Å². The summed E-state index contributed by atoms with van der Waals surface area (Å²) in [4.78, 5) is 38.4. The molecule has 150 valence electrons. The number of carbonyl (C=O) groups is 3. The number of nitrogens with zero attached hydrogens (tertiary/aromatic N) is 1. The number of hydrogen-bond donors (Lipinski definition) is 2. The van der Waals surface area contributed by atoms with Gasteiger partial charge in [0.2, 0.25) is 0 Å². The van der Waals surface area contributed by atoms with Crippen molar-refractivity contribution >= 4 is 41.2 Å². The maximum Gasteiger partial charge on any atom is 0.335 e. The Labute approximate surface area is 172 Å². The molecule has 0 aliphatic carbocycles. The van der Waals surface area contributed by atoms with Gasteiger partial charge in [-0.2, -0.15) is 0 Å². The first kappa shape index (κ1) is 20.4. The minimum atomic E-state index is -0.823. The molecule has 3 rings (SSSR count). The van der Waals surface area contributed by atoms with Crippen molar-refractivity contribution in [2.24, 2.45) is 0 Å². The number of rotatable bonds is 4. The van der Waals surface area contributed by atoms with E-state index in [1.165, 1.54) is 25.3 Å². The number of hydrogen-bond acceptors (Lipinski definition) is 5. The van der Waals surface area contributed by atoms with E-state index in [0.717, 1.165) is 10.5 Å². The van der Waals surface area contributed by atoms with Gasteiger partial charge in [0.25, 0.3) is 11.8 Å². The molecule has 1 aliphatic heterocycles. The third-order valence-corrected chi connectivity index (χ3v) is 4.79. The van der Waals surface area contributed by atoms with Crippen LogP contribution < -0.4 is 15.0 Å². The first-order valence-electron chi connectivity index (χ1n) is 8.80. The molecule has 1 saturated heterocycles. The van der Waals surface area contributed by atoms with Crippen LogP contribution in [-0.4, -0.2) is 30.1 Å². The fraction of sp³-hybridized carbons (Fsp3) is 0.190. The molecule has 2 aromatic rings. The predicted molar refractivity (Wildman–Crippen MR) is 109 cm³/mol. The molecule has 8 heteroatoms. The first-order chi connectivity index (χ1) is 13.7. The molecule has 0 bridgehead atoms. The topological polar surface area (TPSA) is 95.9 Å². The monoisotopic (exact) mass is 414 g/mol. The highest BCUT2D eigenvalue weighted by Crippen LogP contribution is 2.36. The van der Waals surface area contributed by atoms with Crippen LogP contribution in [0.2, 0.25) is 5.02 Å². The number of imide groups is 2. The number of carbonyl (C=O) groups excluding carboxylic acids is 3. The van der Waals surface area contributed by atoms with Gasteiger partial charge in [0, 0.05) is 0 Å². The lowest BCUT2D eigenvalue weighted by atomic mass is 10.0. The number of aromatic hydroxyl groups is 1. The van der Waals surface area contributed by atoms with Crippen LogP contribution in [0, 0.1) is 0 Å². The van der Waals surface area contributed by atoms with Crippen molar-refractivity contribution in [2.75, 3.05) is 12.0 Å². The number of benzene rings is 2. The van der Waals surface area contributed by atoms with Crippen LogP contribution in [0.5, 0.6) is 11.5 Å². The van der Waals surface area contributed by atoms with Gasteiger partial charge in [0.1, 0.15) is 5.57 Å². The number of anilines is 1. The van der Waals surface area contributed by atoms with Gasteiger partial charge in [-0.25, -0.2) is 9.69 Å². The van der Waals surface area contributed by atoms with E-state index < -0.39 is 17.8 Å². The van der Waals surface area contributed by atoms with E-state index in [1.807, 2.05) is 26.0 Å². The van der Waals surface area contributed by atoms with Crippen LogP contribution >= 0.6 is 11.6 Å². The van der Waals surface area contributed by atoms with Gasteiger partial charge >= 0.3 is 6.03 Å². The molecule has 7 nitrogen and oxygen atoms in total. The molecule has 0 saturated carbocycles. The van der Waals surface area contributed by atoms with Gasteiger partial charge in [0.05, 0.1) is 17.8 Å². The third-order valence-electron chi connectivity index (χ3n) is 4.50. The fourth-order valence-corrected chi connectivity index (χ4v) is 3.12. The van der Waals surface area contributed by atoms with E-state index in [4.69, 9.17) is 16.3 Å². The second-order valence-electron chi connectivity index (χ2n) is 6.76. The highest BCUT2D eigenvalue weighted by atomic mass is 35.5. The van der Waals surface area contributed by atoms with Crippen molar-refractivity contribution in [1.29, 1.82) is 0 Å². The Kier molecular flexibility index (Phi) is 5.61. The summed E-state index contributed by atoms with van der Waals surface area (Å²) in [5, 5.41) is 12.0. The van der Waals surface area contributed by atoms with Gasteiger partial charge in [-0.1, -0.05) is 37.6 Å². The van der Waals surface area contributed by atoms with Crippen LogP contribution in [0.15, 0.2) is 42.0 Å². The van der Waals surface area contributed by atoms with E-state index in [1.54, 1.807) is 12.1 Å². The average Bonchev–Trinajstić information content (AvgIpc) is 2.68. The lowest BCUT2D eigenvalue weighted by Gasteiger charge is -2.26. The molecule has 0 unspecified atom stereocenters. The summed E-state index contributed by atoms with van der Waals surface area (Å²) in [5.41, 5.74) is 1.50. The molecule has 1 fully saturated rings. The Bertz CT molecular complexity index is 1030. The zero-order valence-corrected chi connectivity index (χ0v) is 16.8. The number of nitrogens with one attached hydrogen (secondary N) is 1. The second kappa shape index (κ2) is 7.97. The van der Waals surface area contributed by atoms with Crippen molar-refractivity contribution in [3.05, 3.63) is 58.1 Å². The number of methoxy groups -OCH3 is 1. The summed E-state index contributed by atoms with van der Waals surface area (Å²) in [6.45, 7) is 4.06. The van der Waals surface area contributed by atoms with E-state index in [9.17, 15) is 19.5 Å². The van der Waals surface area contributed by atoms with Gasteiger partial charge in [-0.15, -0.1) is 0 Å². The van der Waals surface area contributed by atoms with Crippen molar-refractivity contribution in [2.45, 2.75) is 19.8 Å². The normalized spacial score (nSPS) is 15.8. The minimum Gasteiger partial charge on any atom is -0.503 e. The van der Waals surface area contributed by atoms with Gasteiger partial charge < -0.3 is 9.84 Å². The quantitative estimate of drug-likeness (QED) is 0.585. The number of phenolic OH excluding ortho intramolecular Hbond substituents is 1. The number of barbiturate groups is 1. The van der Waals surface area contributed by atoms with Gasteiger partial charge in [-0.3, -0.25) is 14.9 Å². The number of urea groups is 1. The molecule has 2 N–H and O–H groups in total. The average molecular weight is 415 g/mol. The fourth-order valence-electron chi connectivity index (χ4n) is 2.90. The number of halogens is 1. The second-order valence-corrected chi connectivity index (χ2v) is 7.16. The molecule has 0 radical (unpaired) electrons. The number of phenols is 1. The maximum atomic E-state index is 12.9. The van der Waals surface area contributed by atoms with Crippen LogP contribution in [0.4, 0.5) is 10.5 Å². The minimum absolute atomic E-state index is 0.00271. The highest BCUT2D eigenvalue weighted by Gasteiger charge is 2.36. The summed E-state index contributed by atoms with van der Waals surface area (Å²) >= 11 is 5.97. The standard InChI is InChI=1S/C21H19ClN2O5/c1-11(2)13-4-6-14(7-5-13)24-20(27)15(19(26)23-21(24)28)8-12-9-16(22)18(25)17(10-12)29-3/h4-11,25H,1-3H3,(H,23,26,28). The Balaban J connectivity index is 2.01.